The topological polar surface area (TPSA) is 41.8 Å². The Labute approximate surface area is 113 Å². The van der Waals surface area contributed by atoms with Crippen LogP contribution in [-0.4, -0.2) is 4.98 Å². The molecule has 0 unspecified atom stereocenters. The smallest absolute Gasteiger partial charge is 0.0458 e. The van der Waals surface area contributed by atoms with E-state index in [4.69, 9.17) is 5.73 Å². The zero-order valence-corrected chi connectivity index (χ0v) is 11.1. The van der Waals surface area contributed by atoms with Gasteiger partial charge in [-0.15, -0.1) is 0 Å². The minimum atomic E-state index is 0.598. The monoisotopic (exact) mass is 250 g/mol. The predicted octanol–water partition coefficient (Wildman–Crippen LogP) is 3.53. The molecule has 19 heavy (non-hydrogen) atoms. The van der Waals surface area contributed by atoms with Crippen LogP contribution in [0.3, 0.4) is 0 Å². The van der Waals surface area contributed by atoms with Crippen molar-refractivity contribution in [3.8, 4) is 0 Å². The van der Waals surface area contributed by atoms with Crippen molar-refractivity contribution in [2.45, 2.75) is 19.9 Å². The van der Waals surface area contributed by atoms with Crippen LogP contribution in [0.2, 0.25) is 0 Å². The van der Waals surface area contributed by atoms with Crippen LogP contribution >= 0.6 is 0 Å². The SMILES string of the molecule is Cc1[nH]c2ccccc2c1Cc1cccc(CN)c1. The lowest BCUT2D eigenvalue weighted by atomic mass is 10.0. The molecular formula is C17H18N2. The summed E-state index contributed by atoms with van der Waals surface area (Å²) in [4.78, 5) is 3.45. The molecule has 2 aromatic carbocycles. The van der Waals surface area contributed by atoms with E-state index < -0.39 is 0 Å². The number of aryl methyl sites for hydroxylation is 1. The first kappa shape index (κ1) is 12.0. The molecular weight excluding hydrogens is 232 g/mol. The van der Waals surface area contributed by atoms with E-state index >= 15 is 0 Å². The van der Waals surface area contributed by atoms with Crippen molar-refractivity contribution in [1.82, 2.24) is 4.98 Å². The number of fused-ring (bicyclic) bond motifs is 1. The van der Waals surface area contributed by atoms with Gasteiger partial charge in [-0.25, -0.2) is 0 Å². The van der Waals surface area contributed by atoms with Crippen molar-refractivity contribution in [3.05, 3.63) is 70.9 Å². The average Bonchev–Trinajstić information content (AvgIpc) is 2.76. The van der Waals surface area contributed by atoms with Crippen LogP contribution in [0.25, 0.3) is 10.9 Å². The Hall–Kier alpha value is -2.06. The van der Waals surface area contributed by atoms with Gasteiger partial charge in [-0.05, 0) is 36.1 Å². The number of H-pyrrole nitrogens is 1. The third-order valence-electron chi connectivity index (χ3n) is 3.64. The molecule has 0 atom stereocenters. The van der Waals surface area contributed by atoms with E-state index in [1.54, 1.807) is 0 Å². The Morgan fingerprint density at radius 1 is 1.00 bits per heavy atom. The molecule has 0 aliphatic heterocycles. The van der Waals surface area contributed by atoms with Gasteiger partial charge in [-0.2, -0.15) is 0 Å². The Morgan fingerprint density at radius 3 is 2.63 bits per heavy atom. The Morgan fingerprint density at radius 2 is 1.79 bits per heavy atom. The molecule has 96 valence electrons. The molecule has 3 N–H and O–H groups in total. The minimum Gasteiger partial charge on any atom is -0.358 e. The first-order valence-electron chi connectivity index (χ1n) is 6.62. The lowest BCUT2D eigenvalue weighted by molar-refractivity contribution is 1.05. The van der Waals surface area contributed by atoms with Gasteiger partial charge in [0.2, 0.25) is 0 Å². The summed E-state index contributed by atoms with van der Waals surface area (Å²) < 4.78 is 0. The highest BCUT2D eigenvalue weighted by Gasteiger charge is 2.08. The van der Waals surface area contributed by atoms with Gasteiger partial charge in [0, 0.05) is 23.1 Å². The number of hydrogen-bond acceptors (Lipinski definition) is 1. The molecule has 0 spiro atoms. The van der Waals surface area contributed by atoms with E-state index in [9.17, 15) is 0 Å². The number of benzene rings is 2. The average molecular weight is 250 g/mol. The fourth-order valence-corrected chi connectivity index (χ4v) is 2.63. The Balaban J connectivity index is 2.02. The molecule has 0 bridgehead atoms. The second-order valence-electron chi connectivity index (χ2n) is 4.97. The van der Waals surface area contributed by atoms with E-state index in [1.807, 2.05) is 0 Å². The van der Waals surface area contributed by atoms with Crippen molar-refractivity contribution in [1.29, 1.82) is 0 Å². The maximum absolute atomic E-state index is 5.71. The van der Waals surface area contributed by atoms with Gasteiger partial charge in [0.05, 0.1) is 0 Å². The van der Waals surface area contributed by atoms with E-state index in [1.165, 1.54) is 33.3 Å². The Bertz CT molecular complexity index is 710. The number of para-hydroxylation sites is 1. The van der Waals surface area contributed by atoms with Crippen LogP contribution in [-0.2, 0) is 13.0 Å². The summed E-state index contributed by atoms with van der Waals surface area (Å²) >= 11 is 0. The van der Waals surface area contributed by atoms with E-state index in [-0.39, 0.29) is 0 Å². The van der Waals surface area contributed by atoms with Gasteiger partial charge in [-0.3, -0.25) is 0 Å². The first-order valence-corrected chi connectivity index (χ1v) is 6.62. The zero-order valence-electron chi connectivity index (χ0n) is 11.1. The standard InChI is InChI=1S/C17H18N2/c1-12-16(15-7-2-3-8-17(15)19-12)10-13-5-4-6-14(9-13)11-18/h2-9,19H,10-11,18H2,1H3. The molecule has 1 heterocycles. The molecule has 2 nitrogen and oxygen atoms in total. The highest BCUT2D eigenvalue weighted by atomic mass is 14.7. The van der Waals surface area contributed by atoms with E-state index in [0.717, 1.165) is 6.42 Å². The summed E-state index contributed by atoms with van der Waals surface area (Å²) in [6.45, 7) is 2.74. The molecule has 0 fully saturated rings. The van der Waals surface area contributed by atoms with Gasteiger partial charge < -0.3 is 10.7 Å². The minimum absolute atomic E-state index is 0.598. The number of hydrogen-bond donors (Lipinski definition) is 2. The lowest BCUT2D eigenvalue weighted by Gasteiger charge is -2.04. The number of rotatable bonds is 3. The largest absolute Gasteiger partial charge is 0.358 e. The van der Waals surface area contributed by atoms with Crippen LogP contribution in [0.4, 0.5) is 0 Å². The molecule has 0 saturated carbocycles. The Kier molecular flexibility index (Phi) is 3.10. The van der Waals surface area contributed by atoms with Gasteiger partial charge >= 0.3 is 0 Å². The van der Waals surface area contributed by atoms with Crippen molar-refractivity contribution in [2.75, 3.05) is 0 Å². The van der Waals surface area contributed by atoms with E-state index in [0.29, 0.717) is 6.54 Å². The van der Waals surface area contributed by atoms with Crippen molar-refractivity contribution in [3.63, 3.8) is 0 Å². The summed E-state index contributed by atoms with van der Waals surface area (Å²) in [5.74, 6) is 0. The second-order valence-corrected chi connectivity index (χ2v) is 4.97. The third-order valence-corrected chi connectivity index (χ3v) is 3.64. The van der Waals surface area contributed by atoms with Crippen LogP contribution in [0.5, 0.6) is 0 Å². The molecule has 0 aliphatic rings. The number of aromatic amines is 1. The molecule has 0 aliphatic carbocycles. The first-order chi connectivity index (χ1) is 9.28. The summed E-state index contributed by atoms with van der Waals surface area (Å²) in [5, 5.41) is 1.32. The van der Waals surface area contributed by atoms with Gasteiger partial charge in [0.15, 0.2) is 0 Å². The lowest BCUT2D eigenvalue weighted by Crippen LogP contribution is -1.97. The van der Waals surface area contributed by atoms with Gasteiger partial charge in [-0.1, -0.05) is 42.5 Å². The highest BCUT2D eigenvalue weighted by Crippen LogP contribution is 2.24. The summed E-state index contributed by atoms with van der Waals surface area (Å²) in [5.41, 5.74) is 12.1. The summed E-state index contributed by atoms with van der Waals surface area (Å²) in [6, 6.07) is 17.0. The quantitative estimate of drug-likeness (QED) is 0.733. The summed E-state index contributed by atoms with van der Waals surface area (Å²) in [7, 11) is 0. The molecule has 3 rings (SSSR count). The molecule has 0 amide bonds. The van der Waals surface area contributed by atoms with Crippen LogP contribution in [0, 0.1) is 6.92 Å². The third kappa shape index (κ3) is 2.27. The maximum atomic E-state index is 5.71. The molecule has 3 aromatic rings. The molecule has 2 heteroatoms. The van der Waals surface area contributed by atoms with Crippen LogP contribution in [0.1, 0.15) is 22.4 Å². The molecule has 0 radical (unpaired) electrons. The molecule has 0 saturated heterocycles. The van der Waals surface area contributed by atoms with Crippen molar-refractivity contribution >= 4 is 10.9 Å². The molecule has 1 aromatic heterocycles. The second kappa shape index (κ2) is 4.90. The highest BCUT2D eigenvalue weighted by molar-refractivity contribution is 5.84. The van der Waals surface area contributed by atoms with Crippen molar-refractivity contribution < 1.29 is 0 Å². The van der Waals surface area contributed by atoms with Gasteiger partial charge in [0.1, 0.15) is 0 Å². The number of aromatic nitrogens is 1. The van der Waals surface area contributed by atoms with Crippen LogP contribution < -0.4 is 5.73 Å². The fraction of sp³-hybridized carbons (Fsp3) is 0.176. The van der Waals surface area contributed by atoms with Crippen molar-refractivity contribution in [2.24, 2.45) is 5.73 Å². The summed E-state index contributed by atoms with van der Waals surface area (Å²) in [6.07, 6.45) is 0.948. The number of nitrogens with two attached hydrogens (primary N) is 1. The number of nitrogens with one attached hydrogen (secondary N) is 1. The van der Waals surface area contributed by atoms with Crippen LogP contribution in [0.15, 0.2) is 48.5 Å². The van der Waals surface area contributed by atoms with Gasteiger partial charge in [0.25, 0.3) is 0 Å². The maximum Gasteiger partial charge on any atom is 0.0458 e. The van der Waals surface area contributed by atoms with E-state index in [2.05, 4.69) is 60.4 Å². The predicted molar refractivity (Wildman–Crippen MR) is 80.2 cm³/mol. The normalized spacial score (nSPS) is 11.1. The fourth-order valence-electron chi connectivity index (χ4n) is 2.63. The zero-order chi connectivity index (χ0) is 13.2.